The first kappa shape index (κ1) is 23.1. The van der Waals surface area contributed by atoms with Gasteiger partial charge in [-0.25, -0.2) is 9.78 Å². The fourth-order valence-corrected chi connectivity index (χ4v) is 4.66. The Morgan fingerprint density at radius 2 is 2.17 bits per heavy atom. The average Bonchev–Trinajstić information content (AvgIpc) is 3.26. The molecule has 35 heavy (non-hydrogen) atoms. The Balaban J connectivity index is 1.13. The fourth-order valence-electron chi connectivity index (χ4n) is 3.90. The second-order valence-electron chi connectivity index (χ2n) is 8.12. The van der Waals surface area contributed by atoms with Crippen LogP contribution in [0.25, 0.3) is 11.3 Å². The number of methoxy groups -OCH3 is 1. The first-order chi connectivity index (χ1) is 17.1. The molecule has 3 aromatic rings. The standard InChI is InChI=1S/C24H24N6O4S/c1-33-18-10-19(29-26-12-18)16-4-2-3-15(9-16)11-25-8-7-17-13-30(24(32)34-17)21-6-5-20-23(27-21)28-22(31)14-35-20/h2-6,9-10,12,17,25H,7-8,11,13-14H2,1H3,(H,27,28,31). The van der Waals surface area contributed by atoms with Gasteiger partial charge >= 0.3 is 6.09 Å². The van der Waals surface area contributed by atoms with Crippen LogP contribution in [0.5, 0.6) is 5.75 Å². The molecule has 4 heterocycles. The van der Waals surface area contributed by atoms with Crippen molar-refractivity contribution in [3.8, 4) is 17.0 Å². The minimum absolute atomic E-state index is 0.0953. The van der Waals surface area contributed by atoms with E-state index in [0.717, 1.165) is 21.7 Å². The molecule has 1 aromatic carbocycles. The van der Waals surface area contributed by atoms with E-state index in [4.69, 9.17) is 9.47 Å². The molecule has 2 aliphatic rings. The molecule has 2 N–H and O–H groups in total. The maximum atomic E-state index is 12.4. The van der Waals surface area contributed by atoms with Crippen molar-refractivity contribution >= 4 is 35.4 Å². The van der Waals surface area contributed by atoms with E-state index in [2.05, 4.69) is 31.9 Å². The van der Waals surface area contributed by atoms with Gasteiger partial charge in [0, 0.05) is 18.2 Å². The van der Waals surface area contributed by atoms with Crippen LogP contribution in [0.2, 0.25) is 0 Å². The molecule has 0 spiro atoms. The molecule has 1 atom stereocenters. The maximum Gasteiger partial charge on any atom is 0.415 e. The molecule has 0 saturated carbocycles. The van der Waals surface area contributed by atoms with Gasteiger partial charge in [0.15, 0.2) is 0 Å². The zero-order valence-corrected chi connectivity index (χ0v) is 19.9. The van der Waals surface area contributed by atoms with Gasteiger partial charge in [0.05, 0.1) is 36.2 Å². The normalized spacial score (nSPS) is 17.1. The first-order valence-electron chi connectivity index (χ1n) is 11.2. The molecule has 0 radical (unpaired) electrons. The monoisotopic (exact) mass is 492 g/mol. The number of hydrogen-bond donors (Lipinski definition) is 2. The minimum atomic E-state index is -0.427. The lowest BCUT2D eigenvalue weighted by molar-refractivity contribution is -0.113. The molecule has 2 aliphatic heterocycles. The summed E-state index contributed by atoms with van der Waals surface area (Å²) in [5.41, 5.74) is 2.82. The van der Waals surface area contributed by atoms with Crippen LogP contribution in [-0.2, 0) is 16.1 Å². The SMILES string of the molecule is COc1cnnc(-c2cccc(CNCCC3CN(c4ccc5c(n4)NC(=O)CS5)C(=O)O3)c2)c1. The van der Waals surface area contributed by atoms with Crippen LogP contribution in [0, 0.1) is 0 Å². The zero-order chi connectivity index (χ0) is 24.2. The third-order valence-electron chi connectivity index (χ3n) is 5.67. The number of nitrogens with zero attached hydrogens (tertiary/aromatic N) is 4. The third-order valence-corrected chi connectivity index (χ3v) is 6.72. The number of benzene rings is 1. The summed E-state index contributed by atoms with van der Waals surface area (Å²) in [5, 5.41) is 14.3. The van der Waals surface area contributed by atoms with E-state index in [1.165, 1.54) is 16.7 Å². The molecular weight excluding hydrogens is 468 g/mol. The Morgan fingerprint density at radius 1 is 1.26 bits per heavy atom. The molecule has 2 aromatic heterocycles. The smallest absolute Gasteiger partial charge is 0.415 e. The van der Waals surface area contributed by atoms with Crippen molar-refractivity contribution in [3.63, 3.8) is 0 Å². The number of nitrogens with one attached hydrogen (secondary N) is 2. The van der Waals surface area contributed by atoms with Gasteiger partial charge in [-0.3, -0.25) is 9.69 Å². The Morgan fingerprint density at radius 3 is 3.06 bits per heavy atom. The molecule has 11 heteroatoms. The second-order valence-corrected chi connectivity index (χ2v) is 9.13. The van der Waals surface area contributed by atoms with Crippen LogP contribution in [0.15, 0.2) is 53.6 Å². The van der Waals surface area contributed by atoms with Crippen LogP contribution < -0.4 is 20.3 Å². The van der Waals surface area contributed by atoms with Gasteiger partial charge in [0.25, 0.3) is 0 Å². The highest BCUT2D eigenvalue weighted by atomic mass is 32.2. The third kappa shape index (κ3) is 5.36. The van der Waals surface area contributed by atoms with Crippen LogP contribution in [0.1, 0.15) is 12.0 Å². The lowest BCUT2D eigenvalue weighted by Gasteiger charge is -2.18. The first-order valence-corrected chi connectivity index (χ1v) is 12.2. The summed E-state index contributed by atoms with van der Waals surface area (Å²) in [6.45, 7) is 1.76. The van der Waals surface area contributed by atoms with Crippen molar-refractivity contribution in [2.75, 3.05) is 36.2 Å². The van der Waals surface area contributed by atoms with E-state index in [0.29, 0.717) is 49.2 Å². The molecule has 10 nitrogen and oxygen atoms in total. The number of carbonyl (C=O) groups is 2. The van der Waals surface area contributed by atoms with Gasteiger partial charge in [-0.05, 0) is 36.7 Å². The number of rotatable bonds is 8. The highest BCUT2D eigenvalue weighted by molar-refractivity contribution is 8.00. The van der Waals surface area contributed by atoms with Gasteiger partial charge in [0.2, 0.25) is 5.91 Å². The van der Waals surface area contributed by atoms with Crippen LogP contribution >= 0.6 is 11.8 Å². The average molecular weight is 493 g/mol. The highest BCUT2D eigenvalue weighted by Gasteiger charge is 2.33. The Bertz CT molecular complexity index is 1260. The molecule has 1 fully saturated rings. The van der Waals surface area contributed by atoms with E-state index < -0.39 is 6.09 Å². The van der Waals surface area contributed by atoms with Gasteiger partial charge in [-0.15, -0.1) is 11.8 Å². The molecule has 0 aliphatic carbocycles. The molecule has 1 unspecified atom stereocenters. The van der Waals surface area contributed by atoms with Crippen molar-refractivity contribution in [3.05, 3.63) is 54.2 Å². The van der Waals surface area contributed by atoms with Crippen molar-refractivity contribution in [1.82, 2.24) is 20.5 Å². The van der Waals surface area contributed by atoms with Gasteiger partial charge < -0.3 is 20.1 Å². The van der Waals surface area contributed by atoms with E-state index in [1.807, 2.05) is 30.3 Å². The maximum absolute atomic E-state index is 12.4. The lowest BCUT2D eigenvalue weighted by atomic mass is 10.1. The summed E-state index contributed by atoms with van der Waals surface area (Å²) in [4.78, 5) is 30.9. The molecule has 5 rings (SSSR count). The lowest BCUT2D eigenvalue weighted by Crippen LogP contribution is -2.28. The van der Waals surface area contributed by atoms with Crippen molar-refractivity contribution in [2.24, 2.45) is 0 Å². The zero-order valence-electron chi connectivity index (χ0n) is 19.1. The second kappa shape index (κ2) is 10.3. The Labute approximate surface area is 206 Å². The number of thioether (sulfide) groups is 1. The molecular formula is C24H24N6O4S. The number of cyclic esters (lactones) is 1. The van der Waals surface area contributed by atoms with Gasteiger partial charge in [-0.1, -0.05) is 18.2 Å². The number of amides is 2. The summed E-state index contributed by atoms with van der Waals surface area (Å²) in [6.07, 6.45) is 1.57. The largest absolute Gasteiger partial charge is 0.495 e. The predicted molar refractivity (Wildman–Crippen MR) is 132 cm³/mol. The van der Waals surface area contributed by atoms with Gasteiger partial charge in [-0.2, -0.15) is 10.2 Å². The van der Waals surface area contributed by atoms with Crippen molar-refractivity contribution in [2.45, 2.75) is 24.0 Å². The fraction of sp³-hybridized carbons (Fsp3) is 0.292. The topological polar surface area (TPSA) is 119 Å². The van der Waals surface area contributed by atoms with Crippen LogP contribution in [0.3, 0.4) is 0 Å². The number of carbonyl (C=O) groups excluding carboxylic acids is 2. The number of anilines is 2. The highest BCUT2D eigenvalue weighted by Crippen LogP contribution is 2.32. The van der Waals surface area contributed by atoms with Crippen LogP contribution in [0.4, 0.5) is 16.4 Å². The number of fused-ring (bicyclic) bond motifs is 1. The van der Waals surface area contributed by atoms with Crippen LogP contribution in [-0.4, -0.2) is 59.2 Å². The summed E-state index contributed by atoms with van der Waals surface area (Å²) in [7, 11) is 1.60. The summed E-state index contributed by atoms with van der Waals surface area (Å²) in [5.74, 6) is 1.90. The van der Waals surface area contributed by atoms with Crippen molar-refractivity contribution < 1.29 is 19.1 Å². The molecule has 0 bridgehead atoms. The minimum Gasteiger partial charge on any atom is -0.495 e. The Hall–Kier alpha value is -3.70. The van der Waals surface area contributed by atoms with E-state index in [1.54, 1.807) is 19.4 Å². The predicted octanol–water partition coefficient (Wildman–Crippen LogP) is 3.10. The quantitative estimate of drug-likeness (QED) is 0.457. The molecule has 1 saturated heterocycles. The Kier molecular flexibility index (Phi) is 6.77. The number of ether oxygens (including phenoxy) is 2. The summed E-state index contributed by atoms with van der Waals surface area (Å²) < 4.78 is 10.8. The number of aromatic nitrogens is 3. The van der Waals surface area contributed by atoms with Crippen molar-refractivity contribution in [1.29, 1.82) is 0 Å². The number of pyridine rings is 1. The molecule has 2 amide bonds. The molecule has 180 valence electrons. The van der Waals surface area contributed by atoms with E-state index in [-0.39, 0.29) is 12.0 Å². The van der Waals surface area contributed by atoms with E-state index >= 15 is 0 Å². The van der Waals surface area contributed by atoms with Gasteiger partial charge in [0.1, 0.15) is 23.5 Å². The van der Waals surface area contributed by atoms with E-state index in [9.17, 15) is 9.59 Å². The summed E-state index contributed by atoms with van der Waals surface area (Å²) >= 11 is 1.43. The summed E-state index contributed by atoms with van der Waals surface area (Å²) in [6, 6.07) is 13.6. The number of hydrogen-bond acceptors (Lipinski definition) is 9.